The summed E-state index contributed by atoms with van der Waals surface area (Å²) in [5, 5.41) is 10.4. The Hall–Kier alpha value is -1.35. The van der Waals surface area contributed by atoms with E-state index in [9.17, 15) is 5.21 Å². The lowest BCUT2D eigenvalue weighted by molar-refractivity contribution is 0.260. The maximum atomic E-state index is 9.21. The molecule has 1 rings (SSSR count). The van der Waals surface area contributed by atoms with Gasteiger partial charge in [0.2, 0.25) is 0 Å². The Morgan fingerprint density at radius 2 is 1.62 bits per heavy atom. The van der Waals surface area contributed by atoms with E-state index in [1.54, 1.807) is 24.3 Å². The molecule has 0 heterocycles. The molecule has 0 saturated heterocycles. The van der Waals surface area contributed by atoms with Gasteiger partial charge in [0.05, 0.1) is 5.69 Å². The molecule has 0 radical (unpaired) electrons. The van der Waals surface area contributed by atoms with Gasteiger partial charge in [0, 0.05) is 12.2 Å². The van der Waals surface area contributed by atoms with Crippen LogP contribution in [0.25, 0.3) is 0 Å². The summed E-state index contributed by atoms with van der Waals surface area (Å²) in [5.74, 6) is 0. The van der Waals surface area contributed by atoms with Crippen LogP contribution < -0.4 is 10.8 Å². The summed E-state index contributed by atoms with van der Waals surface area (Å²) in [5.41, 5.74) is 6.94. The van der Waals surface area contributed by atoms with E-state index in [-0.39, 0.29) is 0 Å². The van der Waals surface area contributed by atoms with E-state index >= 15 is 0 Å². The molecular weight excluding hydrogens is 236 g/mol. The molecule has 5 N–H and O–H groups in total. The van der Waals surface area contributed by atoms with Gasteiger partial charge in [-0.25, -0.2) is 0 Å². The zero-order chi connectivity index (χ0) is 12.8. The highest BCUT2D eigenvalue weighted by Gasteiger charge is 1.97. The maximum Gasteiger partial charge on any atom is 0.394 e. The van der Waals surface area contributed by atoms with Crippen molar-refractivity contribution in [3.8, 4) is 0 Å². The Labute approximate surface area is 93.6 Å². The molecule has 1 aromatic carbocycles. The van der Waals surface area contributed by atoms with Crippen LogP contribution in [0.3, 0.4) is 0 Å². The number of nitrogens with two attached hydrogens (primary N) is 1. The molecule has 0 aromatic heterocycles. The van der Waals surface area contributed by atoms with Gasteiger partial charge in [0.15, 0.2) is 0 Å². The molecular formula is C8H14N2O5S. The number of hydroxylamine groups is 1. The van der Waals surface area contributed by atoms with E-state index in [4.69, 9.17) is 23.3 Å². The molecule has 0 fully saturated rings. The van der Waals surface area contributed by atoms with Crippen LogP contribution in [0.1, 0.15) is 6.92 Å². The van der Waals surface area contributed by atoms with Crippen molar-refractivity contribution in [1.82, 2.24) is 0 Å². The quantitative estimate of drug-likeness (QED) is 0.348. The van der Waals surface area contributed by atoms with Crippen LogP contribution in [0.15, 0.2) is 24.3 Å². The number of anilines is 2. The zero-order valence-corrected chi connectivity index (χ0v) is 9.42. The second kappa shape index (κ2) is 6.28. The maximum absolute atomic E-state index is 9.21. The monoisotopic (exact) mass is 250 g/mol. The van der Waals surface area contributed by atoms with Crippen LogP contribution in [0.4, 0.5) is 11.4 Å². The topological polar surface area (TPSA) is 124 Å². The lowest BCUT2D eigenvalue weighted by Gasteiger charge is -2.13. The van der Waals surface area contributed by atoms with Gasteiger partial charge >= 0.3 is 10.4 Å². The summed E-state index contributed by atoms with van der Waals surface area (Å²) in [4.78, 5) is 0. The minimum atomic E-state index is -4.67. The average molecular weight is 250 g/mol. The van der Waals surface area contributed by atoms with Gasteiger partial charge in [-0.15, -0.1) is 0 Å². The van der Waals surface area contributed by atoms with Crippen molar-refractivity contribution in [1.29, 1.82) is 0 Å². The summed E-state index contributed by atoms with van der Waals surface area (Å²) < 4.78 is 31.6. The van der Waals surface area contributed by atoms with Crippen molar-refractivity contribution in [3.05, 3.63) is 24.3 Å². The first-order chi connectivity index (χ1) is 7.24. The van der Waals surface area contributed by atoms with Crippen LogP contribution in [0.2, 0.25) is 0 Å². The SMILES string of the molecule is CCN(O)c1ccc(N)cc1.O=S(=O)(O)O. The standard InChI is InChI=1S/C8H12N2O.H2O4S/c1-2-10(11)8-5-3-7(9)4-6-8;1-5(2,3)4/h3-6,11H,2,9H2,1H3;(H2,1,2,3,4). The third-order valence-electron chi connectivity index (χ3n) is 1.49. The van der Waals surface area contributed by atoms with Gasteiger partial charge in [-0.05, 0) is 31.2 Å². The highest BCUT2D eigenvalue weighted by atomic mass is 32.3. The van der Waals surface area contributed by atoms with Gasteiger partial charge in [-0.3, -0.25) is 19.4 Å². The molecule has 7 nitrogen and oxygen atoms in total. The molecule has 0 bridgehead atoms. The number of rotatable bonds is 2. The fourth-order valence-corrected chi connectivity index (χ4v) is 0.829. The van der Waals surface area contributed by atoms with Crippen LogP contribution in [-0.2, 0) is 10.4 Å². The zero-order valence-electron chi connectivity index (χ0n) is 8.61. The van der Waals surface area contributed by atoms with Gasteiger partial charge in [0.25, 0.3) is 0 Å². The smallest absolute Gasteiger partial charge is 0.394 e. The molecule has 0 saturated carbocycles. The third kappa shape index (κ3) is 8.00. The van der Waals surface area contributed by atoms with Gasteiger partial charge in [-0.2, -0.15) is 8.42 Å². The molecule has 0 spiro atoms. The lowest BCUT2D eigenvalue weighted by Crippen LogP contribution is -2.16. The first kappa shape index (κ1) is 14.6. The summed E-state index contributed by atoms with van der Waals surface area (Å²) >= 11 is 0. The number of benzene rings is 1. The van der Waals surface area contributed by atoms with E-state index in [0.29, 0.717) is 12.2 Å². The van der Waals surface area contributed by atoms with Crippen LogP contribution in [0, 0.1) is 0 Å². The molecule has 0 aliphatic heterocycles. The first-order valence-corrected chi connectivity index (χ1v) is 5.65. The minimum absolute atomic E-state index is 0.573. The Balaban J connectivity index is 0.000000385. The Kier molecular flexibility index (Phi) is 5.75. The summed E-state index contributed by atoms with van der Waals surface area (Å²) in [6.45, 7) is 2.44. The molecule has 1 aromatic rings. The van der Waals surface area contributed by atoms with Crippen molar-refractivity contribution >= 4 is 21.8 Å². The largest absolute Gasteiger partial charge is 0.399 e. The van der Waals surface area contributed by atoms with E-state index < -0.39 is 10.4 Å². The number of nitrogen functional groups attached to an aromatic ring is 1. The van der Waals surface area contributed by atoms with Crippen molar-refractivity contribution < 1.29 is 22.7 Å². The van der Waals surface area contributed by atoms with Crippen molar-refractivity contribution in [2.45, 2.75) is 6.92 Å². The summed E-state index contributed by atoms with van der Waals surface area (Å²) in [6.07, 6.45) is 0. The molecule has 0 unspecified atom stereocenters. The van der Waals surface area contributed by atoms with Gasteiger partial charge in [-0.1, -0.05) is 0 Å². The van der Waals surface area contributed by atoms with Crippen LogP contribution >= 0.6 is 0 Å². The van der Waals surface area contributed by atoms with Gasteiger partial charge < -0.3 is 5.73 Å². The normalized spacial score (nSPS) is 10.2. The predicted molar refractivity (Wildman–Crippen MR) is 59.8 cm³/mol. The lowest BCUT2D eigenvalue weighted by atomic mass is 10.3. The molecule has 0 aliphatic rings. The fraction of sp³-hybridized carbons (Fsp3) is 0.250. The Morgan fingerprint density at radius 1 is 1.25 bits per heavy atom. The van der Waals surface area contributed by atoms with Crippen LogP contribution in [-0.4, -0.2) is 29.3 Å². The predicted octanol–water partition coefficient (Wildman–Crippen LogP) is 0.832. The number of nitrogens with zero attached hydrogens (tertiary/aromatic N) is 1. The number of hydrogen-bond acceptors (Lipinski definition) is 5. The second-order valence-corrected chi connectivity index (χ2v) is 3.65. The molecule has 0 amide bonds. The highest BCUT2D eigenvalue weighted by Crippen LogP contribution is 2.13. The third-order valence-corrected chi connectivity index (χ3v) is 1.49. The van der Waals surface area contributed by atoms with Crippen molar-refractivity contribution in [2.24, 2.45) is 0 Å². The van der Waals surface area contributed by atoms with E-state index in [0.717, 1.165) is 5.69 Å². The van der Waals surface area contributed by atoms with Crippen molar-refractivity contribution in [3.63, 3.8) is 0 Å². The second-order valence-electron chi connectivity index (χ2n) is 2.76. The molecule has 0 aliphatic carbocycles. The summed E-state index contributed by atoms with van der Waals surface area (Å²) in [7, 11) is -4.67. The molecule has 8 heteroatoms. The first-order valence-electron chi connectivity index (χ1n) is 4.26. The summed E-state index contributed by atoms with van der Waals surface area (Å²) in [6, 6.07) is 7.07. The molecule has 16 heavy (non-hydrogen) atoms. The number of hydrogen-bond donors (Lipinski definition) is 4. The Morgan fingerprint density at radius 3 is 1.94 bits per heavy atom. The van der Waals surface area contributed by atoms with Crippen LogP contribution in [0.5, 0.6) is 0 Å². The average Bonchev–Trinajstić information content (AvgIpc) is 2.15. The molecule has 0 atom stereocenters. The minimum Gasteiger partial charge on any atom is -0.399 e. The van der Waals surface area contributed by atoms with Gasteiger partial charge in [0.1, 0.15) is 0 Å². The van der Waals surface area contributed by atoms with E-state index in [2.05, 4.69) is 0 Å². The van der Waals surface area contributed by atoms with Crippen molar-refractivity contribution in [2.75, 3.05) is 17.3 Å². The van der Waals surface area contributed by atoms with E-state index in [1.807, 2.05) is 6.92 Å². The Bertz CT molecular complexity index is 395. The fourth-order valence-electron chi connectivity index (χ4n) is 0.829. The molecule has 92 valence electrons. The highest BCUT2D eigenvalue weighted by molar-refractivity contribution is 7.79. The van der Waals surface area contributed by atoms with E-state index in [1.165, 1.54) is 5.06 Å².